The van der Waals surface area contributed by atoms with Gasteiger partial charge in [-0.15, -0.1) is 6.58 Å². The monoisotopic (exact) mass is 312 g/mol. The average Bonchev–Trinajstić information content (AvgIpc) is 2.54. The van der Waals surface area contributed by atoms with Crippen LogP contribution in [0.5, 0.6) is 0 Å². The smallest absolute Gasteiger partial charge is 0.196 e. The Morgan fingerprint density at radius 3 is 2.70 bits per heavy atom. The molecule has 0 aliphatic rings. The molecule has 1 N–H and O–H groups in total. The lowest BCUT2D eigenvalue weighted by Gasteiger charge is -2.00. The van der Waals surface area contributed by atoms with Crippen molar-refractivity contribution in [3.05, 3.63) is 82.5 Å². The average molecular weight is 312 g/mol. The van der Waals surface area contributed by atoms with E-state index in [-0.39, 0.29) is 11.2 Å². The second-order valence-corrected chi connectivity index (χ2v) is 5.23. The normalized spacial score (nSPS) is 11.3. The first-order valence-electron chi connectivity index (χ1n) is 7.64. The lowest BCUT2D eigenvalue weighted by Crippen LogP contribution is -2.07. The van der Waals surface area contributed by atoms with Crippen LogP contribution in [0.25, 0.3) is 11.0 Å². The van der Waals surface area contributed by atoms with Crippen molar-refractivity contribution in [2.75, 3.05) is 0 Å². The summed E-state index contributed by atoms with van der Waals surface area (Å²) in [6.07, 6.45) is 10.0. The van der Waals surface area contributed by atoms with Crippen LogP contribution in [-0.2, 0) is 6.42 Å². The Bertz CT molecular complexity index is 760. The molecule has 0 radical (unpaired) electrons. The van der Waals surface area contributed by atoms with Crippen LogP contribution in [0.15, 0.2) is 70.3 Å². The Morgan fingerprint density at radius 1 is 1.39 bits per heavy atom. The minimum absolute atomic E-state index is 0.000648. The Morgan fingerprint density at radius 2 is 2.09 bits per heavy atom. The lowest BCUT2D eigenvalue weighted by molar-refractivity contribution is 0.414. The number of aryl methyl sites for hydroxylation is 1. The molecule has 3 nitrogen and oxygen atoms in total. The fourth-order valence-electron chi connectivity index (χ4n) is 1.83. The number of hydrogen-bond acceptors (Lipinski definition) is 3. The fraction of sp³-hybridized carbons (Fsp3) is 0.250. The minimum Gasteiger partial charge on any atom is -0.513 e. The maximum atomic E-state index is 12.3. The molecule has 122 valence electrons. The predicted molar refractivity (Wildman–Crippen MR) is 96.9 cm³/mol. The molecule has 2 rings (SSSR count). The molecule has 0 aliphatic heterocycles. The van der Waals surface area contributed by atoms with Crippen molar-refractivity contribution in [1.82, 2.24) is 0 Å². The Hall–Kier alpha value is -2.55. The summed E-state index contributed by atoms with van der Waals surface area (Å²) >= 11 is 0. The summed E-state index contributed by atoms with van der Waals surface area (Å²) in [6, 6.07) is 5.56. The summed E-state index contributed by atoms with van der Waals surface area (Å²) in [7, 11) is 0. The second kappa shape index (κ2) is 9.46. The zero-order valence-corrected chi connectivity index (χ0v) is 14.0. The van der Waals surface area contributed by atoms with E-state index in [1.165, 1.54) is 6.26 Å². The van der Waals surface area contributed by atoms with Crippen molar-refractivity contribution < 1.29 is 9.52 Å². The molecule has 0 unspecified atom stereocenters. The minimum atomic E-state index is -0.000648. The van der Waals surface area contributed by atoms with Crippen LogP contribution in [0.3, 0.4) is 0 Å². The highest BCUT2D eigenvalue weighted by Gasteiger charge is 2.05. The van der Waals surface area contributed by atoms with Gasteiger partial charge in [0.15, 0.2) is 5.43 Å². The molecule has 1 heterocycles. The molecule has 0 bridgehead atoms. The Kier molecular flexibility index (Phi) is 7.61. The molecule has 0 aliphatic carbocycles. The Balaban J connectivity index is 0.000000593. The van der Waals surface area contributed by atoms with Gasteiger partial charge in [0.05, 0.1) is 17.4 Å². The van der Waals surface area contributed by atoms with Gasteiger partial charge >= 0.3 is 0 Å². The summed E-state index contributed by atoms with van der Waals surface area (Å²) in [5, 5.41) is 9.62. The first kappa shape index (κ1) is 18.5. The summed E-state index contributed by atoms with van der Waals surface area (Å²) in [4.78, 5) is 12.3. The van der Waals surface area contributed by atoms with Crippen LogP contribution < -0.4 is 5.43 Å². The summed E-state index contributed by atoms with van der Waals surface area (Å²) in [6.45, 7) is 9.08. The van der Waals surface area contributed by atoms with Crippen LogP contribution in [0.1, 0.15) is 31.4 Å². The van der Waals surface area contributed by atoms with Crippen LogP contribution in [-0.4, -0.2) is 5.11 Å². The van der Waals surface area contributed by atoms with Gasteiger partial charge in [0, 0.05) is 5.56 Å². The topological polar surface area (TPSA) is 50.4 Å². The van der Waals surface area contributed by atoms with Gasteiger partial charge in [0.25, 0.3) is 0 Å². The molecule has 0 atom stereocenters. The van der Waals surface area contributed by atoms with E-state index in [2.05, 4.69) is 13.5 Å². The van der Waals surface area contributed by atoms with Crippen molar-refractivity contribution in [1.29, 1.82) is 0 Å². The maximum absolute atomic E-state index is 12.3. The largest absolute Gasteiger partial charge is 0.513 e. The number of fused-ring (bicyclic) bond motifs is 1. The highest BCUT2D eigenvalue weighted by Crippen LogP contribution is 2.13. The first-order chi connectivity index (χ1) is 11.0. The fourth-order valence-corrected chi connectivity index (χ4v) is 1.83. The summed E-state index contributed by atoms with van der Waals surface area (Å²) < 4.78 is 5.46. The maximum Gasteiger partial charge on any atom is 0.196 e. The van der Waals surface area contributed by atoms with Gasteiger partial charge in [-0.2, -0.15) is 0 Å². The van der Waals surface area contributed by atoms with Gasteiger partial charge in [-0.25, -0.2) is 0 Å². The van der Waals surface area contributed by atoms with Crippen molar-refractivity contribution in [2.45, 2.75) is 33.6 Å². The molecule has 0 amide bonds. The SMILES string of the molecule is C/C(O)=C\C=C/Cc1coc2ccc(C)cc2c1=O.C=CCC. The zero-order valence-electron chi connectivity index (χ0n) is 14.0. The van der Waals surface area contributed by atoms with E-state index in [0.29, 0.717) is 23.0 Å². The highest BCUT2D eigenvalue weighted by molar-refractivity contribution is 5.77. The van der Waals surface area contributed by atoms with E-state index in [1.54, 1.807) is 19.1 Å². The molecule has 3 heteroatoms. The van der Waals surface area contributed by atoms with Crippen LogP contribution in [0.4, 0.5) is 0 Å². The first-order valence-corrected chi connectivity index (χ1v) is 7.64. The van der Waals surface area contributed by atoms with E-state index in [1.807, 2.05) is 37.3 Å². The molecule has 2 aromatic rings. The van der Waals surface area contributed by atoms with Crippen LogP contribution in [0, 0.1) is 6.92 Å². The van der Waals surface area contributed by atoms with E-state index < -0.39 is 0 Å². The third-order valence-electron chi connectivity index (χ3n) is 3.10. The number of aliphatic hydroxyl groups excluding tert-OH is 1. The molecule has 0 saturated heterocycles. The van der Waals surface area contributed by atoms with Gasteiger partial charge in [-0.05, 0) is 44.9 Å². The second-order valence-electron chi connectivity index (χ2n) is 5.23. The zero-order chi connectivity index (χ0) is 17.2. The molecule has 1 aromatic heterocycles. The van der Waals surface area contributed by atoms with Gasteiger partial charge in [-0.3, -0.25) is 4.79 Å². The number of allylic oxidation sites excluding steroid dienone is 5. The van der Waals surface area contributed by atoms with E-state index in [0.717, 1.165) is 12.0 Å². The van der Waals surface area contributed by atoms with E-state index in [4.69, 9.17) is 9.52 Å². The number of benzene rings is 1. The number of rotatable bonds is 4. The Labute approximate surface area is 137 Å². The van der Waals surface area contributed by atoms with Gasteiger partial charge in [0.1, 0.15) is 5.58 Å². The highest BCUT2D eigenvalue weighted by atomic mass is 16.3. The molecule has 0 spiro atoms. The molecular weight excluding hydrogens is 288 g/mol. The van der Waals surface area contributed by atoms with E-state index in [9.17, 15) is 4.79 Å². The third kappa shape index (κ3) is 5.99. The third-order valence-corrected chi connectivity index (χ3v) is 3.10. The quantitative estimate of drug-likeness (QED) is 0.477. The standard InChI is InChI=1S/C16H16O3.C4H8/c1-11-7-8-15-14(9-11)16(18)13(10-19-15)6-4-3-5-12(2)17;1-3-4-2/h3-5,7-10,17H,6H2,1-2H3;3H,1,4H2,2H3/b4-3-,12-5+;. The molecule has 0 fully saturated rings. The van der Waals surface area contributed by atoms with Crippen molar-refractivity contribution in [2.24, 2.45) is 0 Å². The van der Waals surface area contributed by atoms with Crippen LogP contribution >= 0.6 is 0 Å². The molecular formula is C20H24O3. The number of hydrogen-bond donors (Lipinski definition) is 1. The molecule has 23 heavy (non-hydrogen) atoms. The molecule has 1 aromatic carbocycles. The predicted octanol–water partition coefficient (Wildman–Crippen LogP) is 5.24. The summed E-state index contributed by atoms with van der Waals surface area (Å²) in [5.74, 6) is 0.234. The van der Waals surface area contributed by atoms with Crippen molar-refractivity contribution >= 4 is 11.0 Å². The van der Waals surface area contributed by atoms with Crippen LogP contribution in [0.2, 0.25) is 0 Å². The lowest BCUT2D eigenvalue weighted by atomic mass is 10.1. The van der Waals surface area contributed by atoms with Crippen molar-refractivity contribution in [3.63, 3.8) is 0 Å². The van der Waals surface area contributed by atoms with Gasteiger partial charge in [0.2, 0.25) is 0 Å². The molecule has 0 saturated carbocycles. The van der Waals surface area contributed by atoms with Gasteiger partial charge < -0.3 is 9.52 Å². The van der Waals surface area contributed by atoms with Crippen molar-refractivity contribution in [3.8, 4) is 0 Å². The van der Waals surface area contributed by atoms with E-state index >= 15 is 0 Å². The summed E-state index contributed by atoms with van der Waals surface area (Å²) in [5.41, 5.74) is 2.25. The van der Waals surface area contributed by atoms with Gasteiger partial charge in [-0.1, -0.05) is 36.8 Å². The number of aliphatic hydroxyl groups is 1.